The highest BCUT2D eigenvalue weighted by atomic mass is 79.9. The molecule has 0 radical (unpaired) electrons. The number of hydrogen-bond acceptors (Lipinski definition) is 3. The first-order chi connectivity index (χ1) is 9.65. The molecule has 1 atom stereocenters. The van der Waals surface area contributed by atoms with Gasteiger partial charge in [-0.25, -0.2) is 4.39 Å². The van der Waals surface area contributed by atoms with Gasteiger partial charge in [0.1, 0.15) is 0 Å². The average molecular weight is 416 g/mol. The Hall–Kier alpha value is -0.330. The van der Waals surface area contributed by atoms with E-state index >= 15 is 0 Å². The van der Waals surface area contributed by atoms with E-state index in [9.17, 15) is 9.50 Å². The highest BCUT2D eigenvalue weighted by Gasteiger charge is 2.27. The predicted molar refractivity (Wildman–Crippen MR) is 96.9 cm³/mol. The van der Waals surface area contributed by atoms with Crippen molar-refractivity contribution in [3.63, 3.8) is 0 Å². The van der Waals surface area contributed by atoms with E-state index in [4.69, 9.17) is 0 Å². The Kier molecular flexibility index (Phi) is 10.3. The van der Waals surface area contributed by atoms with Crippen LogP contribution in [0.4, 0.5) is 4.39 Å². The van der Waals surface area contributed by atoms with Crippen LogP contribution in [-0.2, 0) is 0 Å². The standard InChI is InChI=1S/C15H20BrFN2O.2ClH/c1-2-3-4-13(19-9-7-18-8-10-19)14-11(16)5-6-12(17)15(14)20;;/h2,5-6,13,18,20H,1,3-4,7-10H2;2*1H/t13-;;/m0../s1. The second-order valence-corrected chi connectivity index (χ2v) is 5.81. The second kappa shape index (κ2) is 10.4. The van der Waals surface area contributed by atoms with E-state index in [-0.39, 0.29) is 36.6 Å². The quantitative estimate of drug-likeness (QED) is 0.712. The van der Waals surface area contributed by atoms with Crippen molar-refractivity contribution < 1.29 is 9.50 Å². The number of phenolic OH excluding ortho intramolecular Hbond substituents is 1. The third-order valence-corrected chi connectivity index (χ3v) is 4.38. The van der Waals surface area contributed by atoms with Crippen molar-refractivity contribution in [2.45, 2.75) is 18.9 Å². The Balaban J connectivity index is 0.00000220. The van der Waals surface area contributed by atoms with Crippen LogP contribution in [0.3, 0.4) is 0 Å². The summed E-state index contributed by atoms with van der Waals surface area (Å²) in [5.74, 6) is -0.811. The number of nitrogens with one attached hydrogen (secondary N) is 1. The molecule has 126 valence electrons. The smallest absolute Gasteiger partial charge is 0.165 e. The Morgan fingerprint density at radius 1 is 1.36 bits per heavy atom. The number of piperazine rings is 1. The summed E-state index contributed by atoms with van der Waals surface area (Å²) in [5, 5.41) is 13.4. The topological polar surface area (TPSA) is 35.5 Å². The molecule has 0 amide bonds. The maximum Gasteiger partial charge on any atom is 0.165 e. The first kappa shape index (κ1) is 21.7. The van der Waals surface area contributed by atoms with Gasteiger partial charge in [-0.2, -0.15) is 0 Å². The molecule has 0 unspecified atom stereocenters. The lowest BCUT2D eigenvalue weighted by Crippen LogP contribution is -2.45. The summed E-state index contributed by atoms with van der Waals surface area (Å²) in [4.78, 5) is 2.29. The summed E-state index contributed by atoms with van der Waals surface area (Å²) in [6, 6.07) is 2.94. The third-order valence-electron chi connectivity index (χ3n) is 3.68. The monoisotopic (exact) mass is 414 g/mol. The minimum atomic E-state index is -0.568. The summed E-state index contributed by atoms with van der Waals surface area (Å²) < 4.78 is 14.4. The molecule has 1 fully saturated rings. The predicted octanol–water partition coefficient (Wildman–Crippen LogP) is 4.05. The van der Waals surface area contributed by atoms with Gasteiger partial charge in [-0.15, -0.1) is 31.4 Å². The zero-order chi connectivity index (χ0) is 14.5. The lowest BCUT2D eigenvalue weighted by atomic mass is 9.98. The summed E-state index contributed by atoms with van der Waals surface area (Å²) in [6.07, 6.45) is 3.51. The Labute approximate surface area is 151 Å². The molecule has 2 rings (SSSR count). The van der Waals surface area contributed by atoms with Crippen LogP contribution in [0.2, 0.25) is 0 Å². The van der Waals surface area contributed by atoms with Gasteiger partial charge >= 0.3 is 0 Å². The molecular formula is C15H22BrCl2FN2O. The first-order valence-corrected chi connectivity index (χ1v) is 7.67. The molecule has 0 aliphatic carbocycles. The Morgan fingerprint density at radius 3 is 2.59 bits per heavy atom. The fourth-order valence-corrected chi connectivity index (χ4v) is 3.24. The van der Waals surface area contributed by atoms with E-state index in [0.29, 0.717) is 5.56 Å². The molecule has 1 aromatic carbocycles. The number of rotatable bonds is 5. The first-order valence-electron chi connectivity index (χ1n) is 6.87. The van der Waals surface area contributed by atoms with Gasteiger partial charge in [-0.05, 0) is 25.0 Å². The summed E-state index contributed by atoms with van der Waals surface area (Å²) in [7, 11) is 0. The van der Waals surface area contributed by atoms with Crippen LogP contribution in [-0.4, -0.2) is 36.2 Å². The molecule has 0 spiro atoms. The number of halogens is 4. The van der Waals surface area contributed by atoms with Crippen molar-refractivity contribution in [1.82, 2.24) is 10.2 Å². The van der Waals surface area contributed by atoms with Gasteiger partial charge in [0.15, 0.2) is 11.6 Å². The van der Waals surface area contributed by atoms with E-state index < -0.39 is 5.82 Å². The number of phenols is 1. The van der Waals surface area contributed by atoms with Crippen LogP contribution in [0.15, 0.2) is 29.3 Å². The van der Waals surface area contributed by atoms with Gasteiger partial charge < -0.3 is 10.4 Å². The van der Waals surface area contributed by atoms with Crippen molar-refractivity contribution >= 4 is 40.7 Å². The molecule has 0 aromatic heterocycles. The fraction of sp³-hybridized carbons (Fsp3) is 0.467. The normalized spacial score (nSPS) is 16.3. The van der Waals surface area contributed by atoms with Crippen molar-refractivity contribution in [2.75, 3.05) is 26.2 Å². The van der Waals surface area contributed by atoms with Crippen LogP contribution in [0.1, 0.15) is 24.4 Å². The average Bonchev–Trinajstić information content (AvgIpc) is 2.47. The number of allylic oxidation sites excluding steroid dienone is 1. The minimum Gasteiger partial charge on any atom is -0.505 e. The maximum absolute atomic E-state index is 13.7. The number of hydrogen-bond donors (Lipinski definition) is 2. The SMILES string of the molecule is C=CCC[C@@H](c1c(Br)ccc(F)c1O)N1CCNCC1.Cl.Cl. The van der Waals surface area contributed by atoms with Crippen LogP contribution in [0, 0.1) is 5.82 Å². The van der Waals surface area contributed by atoms with E-state index in [0.717, 1.165) is 43.5 Å². The van der Waals surface area contributed by atoms with Gasteiger partial charge in [0.25, 0.3) is 0 Å². The zero-order valence-electron chi connectivity index (χ0n) is 12.2. The Morgan fingerprint density at radius 2 is 2.00 bits per heavy atom. The van der Waals surface area contributed by atoms with E-state index in [1.807, 2.05) is 6.08 Å². The van der Waals surface area contributed by atoms with Crippen LogP contribution in [0.5, 0.6) is 5.75 Å². The molecule has 7 heteroatoms. The molecular weight excluding hydrogens is 394 g/mol. The van der Waals surface area contributed by atoms with Crippen molar-refractivity contribution in [2.24, 2.45) is 0 Å². The number of aromatic hydroxyl groups is 1. The summed E-state index contributed by atoms with van der Waals surface area (Å²) in [5.41, 5.74) is 0.647. The summed E-state index contributed by atoms with van der Waals surface area (Å²) >= 11 is 3.45. The fourth-order valence-electron chi connectivity index (χ4n) is 2.65. The van der Waals surface area contributed by atoms with Crippen molar-refractivity contribution in [3.8, 4) is 5.75 Å². The second-order valence-electron chi connectivity index (χ2n) is 4.96. The number of nitrogens with zero attached hydrogens (tertiary/aromatic N) is 1. The highest BCUT2D eigenvalue weighted by Crippen LogP contribution is 2.39. The molecule has 2 N–H and O–H groups in total. The van der Waals surface area contributed by atoms with Gasteiger partial charge in [0.2, 0.25) is 0 Å². The largest absolute Gasteiger partial charge is 0.505 e. The van der Waals surface area contributed by atoms with Crippen LogP contribution < -0.4 is 5.32 Å². The molecule has 1 heterocycles. The van der Waals surface area contributed by atoms with Gasteiger partial charge in [-0.3, -0.25) is 4.90 Å². The maximum atomic E-state index is 13.7. The summed E-state index contributed by atoms with van der Waals surface area (Å²) in [6.45, 7) is 7.37. The Bertz CT molecular complexity index is 485. The van der Waals surface area contributed by atoms with Gasteiger partial charge in [0.05, 0.1) is 0 Å². The van der Waals surface area contributed by atoms with E-state index in [1.165, 1.54) is 6.07 Å². The highest BCUT2D eigenvalue weighted by molar-refractivity contribution is 9.10. The zero-order valence-corrected chi connectivity index (χ0v) is 15.4. The van der Waals surface area contributed by atoms with Crippen molar-refractivity contribution in [3.05, 3.63) is 40.6 Å². The van der Waals surface area contributed by atoms with Gasteiger partial charge in [0, 0.05) is 42.3 Å². The molecule has 3 nitrogen and oxygen atoms in total. The molecule has 1 aliphatic heterocycles. The van der Waals surface area contributed by atoms with Crippen LogP contribution >= 0.6 is 40.7 Å². The third kappa shape index (κ3) is 5.10. The molecule has 1 aromatic rings. The molecule has 22 heavy (non-hydrogen) atoms. The molecule has 1 saturated heterocycles. The molecule has 1 aliphatic rings. The molecule has 0 saturated carbocycles. The minimum absolute atomic E-state index is 0. The number of benzene rings is 1. The lowest BCUT2D eigenvalue weighted by molar-refractivity contribution is 0.162. The van der Waals surface area contributed by atoms with Crippen molar-refractivity contribution in [1.29, 1.82) is 0 Å². The molecule has 0 bridgehead atoms. The van der Waals surface area contributed by atoms with E-state index in [1.54, 1.807) is 6.07 Å². The van der Waals surface area contributed by atoms with Crippen LogP contribution in [0.25, 0.3) is 0 Å². The van der Waals surface area contributed by atoms with E-state index in [2.05, 4.69) is 32.7 Å². The van der Waals surface area contributed by atoms with Gasteiger partial charge in [-0.1, -0.05) is 22.0 Å². The lowest BCUT2D eigenvalue weighted by Gasteiger charge is -2.36.